The first kappa shape index (κ1) is 22.9. The molecule has 30 heavy (non-hydrogen) atoms. The molecular formula is C23H29N5O2. The van der Waals surface area contributed by atoms with Crippen molar-refractivity contribution in [1.82, 2.24) is 14.9 Å². The van der Waals surface area contributed by atoms with Crippen molar-refractivity contribution >= 4 is 11.8 Å². The highest BCUT2D eigenvalue weighted by molar-refractivity contribution is 5.49. The number of benzene rings is 1. The van der Waals surface area contributed by atoms with Crippen LogP contribution in [0.1, 0.15) is 18.2 Å². The van der Waals surface area contributed by atoms with Crippen molar-refractivity contribution in [2.75, 3.05) is 38.4 Å². The molecule has 0 amide bonds. The Kier molecular flexibility index (Phi) is 9.38. The summed E-state index contributed by atoms with van der Waals surface area (Å²) >= 11 is 0. The molecule has 0 aliphatic rings. The lowest BCUT2D eigenvalue weighted by Gasteiger charge is -2.22. The number of hydrogen-bond donors (Lipinski definition) is 2. The highest BCUT2D eigenvalue weighted by Gasteiger charge is 2.11. The molecule has 1 heterocycles. The SMILES string of the molecule is C#C/C(=C\C(=C/C)Nc1cc(CN(CCOC)Cc2ccccc2)nc(N)n1)OC. The molecule has 0 atom stereocenters. The van der Waals surface area contributed by atoms with Crippen LogP contribution < -0.4 is 11.1 Å². The molecule has 7 nitrogen and oxygen atoms in total. The molecular weight excluding hydrogens is 378 g/mol. The number of allylic oxidation sites excluding steroid dienone is 3. The van der Waals surface area contributed by atoms with Gasteiger partial charge in [0, 0.05) is 44.6 Å². The summed E-state index contributed by atoms with van der Waals surface area (Å²) in [5, 5.41) is 3.21. The van der Waals surface area contributed by atoms with Crippen LogP contribution in [0, 0.1) is 12.3 Å². The van der Waals surface area contributed by atoms with E-state index in [0.29, 0.717) is 24.7 Å². The lowest BCUT2D eigenvalue weighted by atomic mass is 10.2. The quantitative estimate of drug-likeness (QED) is 0.336. The van der Waals surface area contributed by atoms with Crippen molar-refractivity contribution < 1.29 is 9.47 Å². The maximum atomic E-state index is 5.96. The number of nitrogens with zero attached hydrogens (tertiary/aromatic N) is 3. The average Bonchev–Trinajstić information content (AvgIpc) is 2.75. The molecule has 0 spiro atoms. The van der Waals surface area contributed by atoms with Gasteiger partial charge in [-0.3, -0.25) is 4.90 Å². The molecule has 1 aromatic carbocycles. The van der Waals surface area contributed by atoms with Crippen LogP contribution in [0.4, 0.5) is 11.8 Å². The predicted octanol–water partition coefficient (Wildman–Crippen LogP) is 3.19. The zero-order valence-electron chi connectivity index (χ0n) is 17.8. The number of hydrogen-bond acceptors (Lipinski definition) is 7. The maximum absolute atomic E-state index is 5.96. The second kappa shape index (κ2) is 12.3. The van der Waals surface area contributed by atoms with Crippen LogP contribution >= 0.6 is 0 Å². The topological polar surface area (TPSA) is 85.5 Å². The standard InChI is InChI=1S/C23H29N5O2/c1-5-19(14-21(6-2)30-4)25-22-15-20(26-23(24)27-22)17-28(12-13-29-3)16-18-10-8-7-9-11-18/h2,5,7-11,14-15H,12-13,16-17H2,1,3-4H3,(H3,24,25,26,27)/b19-5+,21-14+. The largest absolute Gasteiger partial charge is 0.489 e. The molecule has 7 heteroatoms. The molecule has 1 aromatic heterocycles. The van der Waals surface area contributed by atoms with Crippen molar-refractivity contribution in [2.24, 2.45) is 0 Å². The minimum absolute atomic E-state index is 0.199. The number of methoxy groups -OCH3 is 2. The number of terminal acetylenes is 1. The lowest BCUT2D eigenvalue weighted by Crippen LogP contribution is -2.27. The van der Waals surface area contributed by atoms with Crippen molar-refractivity contribution in [1.29, 1.82) is 0 Å². The molecule has 0 aliphatic carbocycles. The third kappa shape index (κ3) is 7.59. The number of ether oxygens (including phenoxy) is 2. The highest BCUT2D eigenvalue weighted by Crippen LogP contribution is 2.15. The Morgan fingerprint density at radius 1 is 1.23 bits per heavy atom. The molecule has 0 saturated carbocycles. The van der Waals surface area contributed by atoms with E-state index in [2.05, 4.69) is 38.2 Å². The molecule has 0 bridgehead atoms. The fourth-order valence-corrected chi connectivity index (χ4v) is 2.81. The van der Waals surface area contributed by atoms with E-state index in [-0.39, 0.29) is 5.95 Å². The van der Waals surface area contributed by atoms with Crippen LogP contribution in [0.2, 0.25) is 0 Å². The van der Waals surface area contributed by atoms with Gasteiger partial charge in [0.15, 0.2) is 5.76 Å². The number of nitrogens with one attached hydrogen (secondary N) is 1. The van der Waals surface area contributed by atoms with Gasteiger partial charge in [0.2, 0.25) is 5.95 Å². The van der Waals surface area contributed by atoms with E-state index in [1.165, 1.54) is 12.7 Å². The molecule has 0 radical (unpaired) electrons. The van der Waals surface area contributed by atoms with Gasteiger partial charge in [-0.05, 0) is 18.4 Å². The average molecular weight is 408 g/mol. The van der Waals surface area contributed by atoms with Gasteiger partial charge < -0.3 is 20.5 Å². The molecule has 2 rings (SSSR count). The summed E-state index contributed by atoms with van der Waals surface area (Å²) in [6.07, 6.45) is 9.02. The summed E-state index contributed by atoms with van der Waals surface area (Å²) in [4.78, 5) is 10.9. The van der Waals surface area contributed by atoms with E-state index < -0.39 is 0 Å². The molecule has 2 aromatic rings. The normalized spacial score (nSPS) is 12.0. The Morgan fingerprint density at radius 3 is 2.63 bits per heavy atom. The molecule has 0 unspecified atom stereocenters. The summed E-state index contributed by atoms with van der Waals surface area (Å²) in [5.74, 6) is 3.67. The number of rotatable bonds is 11. The first-order chi connectivity index (χ1) is 14.6. The molecule has 3 N–H and O–H groups in total. The van der Waals surface area contributed by atoms with Crippen molar-refractivity contribution in [2.45, 2.75) is 20.0 Å². The Balaban J connectivity index is 2.19. The molecule has 0 saturated heterocycles. The second-order valence-corrected chi connectivity index (χ2v) is 6.52. The Labute approximate surface area is 178 Å². The minimum atomic E-state index is 0.199. The van der Waals surface area contributed by atoms with E-state index in [1.807, 2.05) is 37.3 Å². The van der Waals surface area contributed by atoms with Crippen LogP contribution in [0.3, 0.4) is 0 Å². The van der Waals surface area contributed by atoms with Crippen LogP contribution in [-0.2, 0) is 22.6 Å². The van der Waals surface area contributed by atoms with E-state index in [4.69, 9.17) is 21.6 Å². The van der Waals surface area contributed by atoms with Crippen LogP contribution in [0.25, 0.3) is 0 Å². The van der Waals surface area contributed by atoms with Crippen LogP contribution in [-0.4, -0.2) is 42.2 Å². The first-order valence-electron chi connectivity index (χ1n) is 9.62. The Bertz CT molecular complexity index is 904. The highest BCUT2D eigenvalue weighted by atomic mass is 16.5. The van der Waals surface area contributed by atoms with Gasteiger partial charge in [-0.15, -0.1) is 6.42 Å². The fraction of sp³-hybridized carbons (Fsp3) is 0.304. The van der Waals surface area contributed by atoms with E-state index >= 15 is 0 Å². The van der Waals surface area contributed by atoms with Crippen molar-refractivity contribution in [3.8, 4) is 12.3 Å². The molecule has 158 valence electrons. The Hall–Kier alpha value is -3.34. The van der Waals surface area contributed by atoms with Crippen molar-refractivity contribution in [3.63, 3.8) is 0 Å². The smallest absolute Gasteiger partial charge is 0.222 e. The first-order valence-corrected chi connectivity index (χ1v) is 9.62. The zero-order chi connectivity index (χ0) is 21.8. The van der Waals surface area contributed by atoms with Gasteiger partial charge in [0.1, 0.15) is 5.82 Å². The van der Waals surface area contributed by atoms with Gasteiger partial charge in [-0.2, -0.15) is 4.98 Å². The monoisotopic (exact) mass is 407 g/mol. The molecule has 0 aliphatic heterocycles. The van der Waals surface area contributed by atoms with E-state index in [0.717, 1.165) is 24.5 Å². The zero-order valence-corrected chi connectivity index (χ0v) is 17.8. The number of aromatic nitrogens is 2. The number of nitrogen functional groups attached to an aromatic ring is 1. The van der Waals surface area contributed by atoms with E-state index in [1.54, 1.807) is 13.2 Å². The van der Waals surface area contributed by atoms with Crippen molar-refractivity contribution in [3.05, 3.63) is 71.3 Å². The van der Waals surface area contributed by atoms with Crippen LogP contribution in [0.5, 0.6) is 0 Å². The number of anilines is 2. The third-order valence-corrected chi connectivity index (χ3v) is 4.27. The van der Waals surface area contributed by atoms with Gasteiger partial charge in [-0.25, -0.2) is 4.98 Å². The Morgan fingerprint density at radius 2 is 2.00 bits per heavy atom. The lowest BCUT2D eigenvalue weighted by molar-refractivity contribution is 0.139. The van der Waals surface area contributed by atoms with E-state index in [9.17, 15) is 0 Å². The number of nitrogens with two attached hydrogens (primary N) is 1. The van der Waals surface area contributed by atoms with Gasteiger partial charge in [-0.1, -0.05) is 36.4 Å². The summed E-state index contributed by atoms with van der Waals surface area (Å²) in [6.45, 7) is 4.66. The summed E-state index contributed by atoms with van der Waals surface area (Å²) < 4.78 is 10.4. The summed E-state index contributed by atoms with van der Waals surface area (Å²) in [5.41, 5.74) is 8.73. The minimum Gasteiger partial charge on any atom is -0.489 e. The maximum Gasteiger partial charge on any atom is 0.222 e. The second-order valence-electron chi connectivity index (χ2n) is 6.52. The van der Waals surface area contributed by atoms with Gasteiger partial charge >= 0.3 is 0 Å². The fourth-order valence-electron chi connectivity index (χ4n) is 2.81. The van der Waals surface area contributed by atoms with Gasteiger partial charge in [0.25, 0.3) is 0 Å². The summed E-state index contributed by atoms with van der Waals surface area (Å²) in [6, 6.07) is 12.2. The summed E-state index contributed by atoms with van der Waals surface area (Å²) in [7, 11) is 3.23. The van der Waals surface area contributed by atoms with Gasteiger partial charge in [0.05, 0.1) is 19.4 Å². The molecule has 0 fully saturated rings. The predicted molar refractivity (Wildman–Crippen MR) is 120 cm³/mol. The third-order valence-electron chi connectivity index (χ3n) is 4.27. The van der Waals surface area contributed by atoms with Crippen LogP contribution in [0.15, 0.2) is 60.0 Å².